The molecule has 12 rings (SSSR count). The van der Waals surface area contributed by atoms with Crippen LogP contribution in [-0.2, 0) is 5.41 Å². The van der Waals surface area contributed by atoms with Crippen molar-refractivity contribution in [1.82, 2.24) is 4.40 Å². The third-order valence-electron chi connectivity index (χ3n) is 12.7. The summed E-state index contributed by atoms with van der Waals surface area (Å²) in [6.45, 7) is 7.29. The van der Waals surface area contributed by atoms with E-state index >= 15 is 0 Å². The number of para-hydroxylation sites is 3. The molecule has 0 saturated carbocycles. The van der Waals surface area contributed by atoms with Gasteiger partial charge in [-0.05, 0) is 75.3 Å². The molecule has 2 aliphatic carbocycles. The minimum Gasteiger partial charge on any atom is -0.310 e. The fourth-order valence-electron chi connectivity index (χ4n) is 10.4. The first-order valence-electron chi connectivity index (χ1n) is 19.5. The normalized spacial score (nSPS) is 13.9. The molecule has 0 fully saturated rings. The van der Waals surface area contributed by atoms with Gasteiger partial charge >= 0.3 is 0 Å². The van der Waals surface area contributed by atoms with Gasteiger partial charge in [0.1, 0.15) is 0 Å². The summed E-state index contributed by atoms with van der Waals surface area (Å²) in [5.74, 6) is 0. The SMILES string of the molecule is C[Si](C)(C)c1ccc(N(c2ccccc2)c2cc3c(c4c2c2cccc5c6ccccc6n4c52)-c2ccccc2C32c3ccccc3-c3ccccc32)cc1. The van der Waals surface area contributed by atoms with Gasteiger partial charge in [-0.2, -0.15) is 0 Å². The molecule has 2 nitrogen and oxygen atoms in total. The third kappa shape index (κ3) is 3.88. The van der Waals surface area contributed by atoms with Crippen molar-refractivity contribution < 1.29 is 0 Å². The largest absolute Gasteiger partial charge is 0.310 e. The molecular weight excluding hydrogens is 681 g/mol. The number of benzene rings is 8. The zero-order chi connectivity index (χ0) is 36.6. The van der Waals surface area contributed by atoms with Crippen LogP contribution in [0.4, 0.5) is 17.1 Å². The Morgan fingerprint density at radius 1 is 0.455 bits per heavy atom. The second-order valence-corrected chi connectivity index (χ2v) is 21.5. The van der Waals surface area contributed by atoms with E-state index in [0.29, 0.717) is 0 Å². The summed E-state index contributed by atoms with van der Waals surface area (Å²) in [5.41, 5.74) is 17.6. The second kappa shape index (κ2) is 10.8. The van der Waals surface area contributed by atoms with E-state index in [1.54, 1.807) is 0 Å². The summed E-state index contributed by atoms with van der Waals surface area (Å²) in [6.07, 6.45) is 0. The van der Waals surface area contributed by atoms with Crippen molar-refractivity contribution in [2.24, 2.45) is 0 Å². The molecule has 2 aromatic heterocycles. The predicted octanol–water partition coefficient (Wildman–Crippen LogP) is 13.2. The lowest BCUT2D eigenvalue weighted by Crippen LogP contribution is -2.37. The summed E-state index contributed by atoms with van der Waals surface area (Å²) >= 11 is 0. The Hall–Kier alpha value is -6.42. The monoisotopic (exact) mass is 718 g/mol. The molecule has 0 radical (unpaired) electrons. The van der Waals surface area contributed by atoms with Crippen LogP contribution in [-0.4, -0.2) is 12.5 Å². The van der Waals surface area contributed by atoms with E-state index in [1.807, 2.05) is 0 Å². The minimum atomic E-state index is -1.52. The summed E-state index contributed by atoms with van der Waals surface area (Å²) in [7, 11) is -1.52. The molecular formula is C52H38N2Si. The standard InChI is InChI=1S/C52H38N2Si/c1-55(2,3)35-30-28-34(29-31-35)53(33-16-5-4-6-17-33)47-32-45-48(51-49(47)41-23-15-22-39-38-20-10-14-27-46(38)54(51)50(39)41)40-21-9-13-26-44(40)52(45)42-24-11-7-18-36(42)37-19-8-12-25-43(37)52/h4-32H,1-3H3. The number of anilines is 3. The quantitative estimate of drug-likeness (QED) is 0.164. The second-order valence-electron chi connectivity index (χ2n) is 16.5. The van der Waals surface area contributed by atoms with Gasteiger partial charge in [0.25, 0.3) is 0 Å². The van der Waals surface area contributed by atoms with E-state index in [9.17, 15) is 0 Å². The van der Waals surface area contributed by atoms with Crippen molar-refractivity contribution in [3.63, 3.8) is 0 Å². The number of fused-ring (bicyclic) bond motifs is 17. The van der Waals surface area contributed by atoms with Gasteiger partial charge in [0, 0.05) is 38.5 Å². The Morgan fingerprint density at radius 2 is 1.00 bits per heavy atom. The van der Waals surface area contributed by atoms with E-state index < -0.39 is 13.5 Å². The maximum absolute atomic E-state index is 2.61. The average molecular weight is 719 g/mol. The van der Waals surface area contributed by atoms with Crippen LogP contribution < -0.4 is 10.1 Å². The molecule has 1 spiro atoms. The van der Waals surface area contributed by atoms with Crippen LogP contribution in [0.25, 0.3) is 60.3 Å². The van der Waals surface area contributed by atoms with Gasteiger partial charge in [0.2, 0.25) is 0 Å². The molecule has 8 aromatic carbocycles. The van der Waals surface area contributed by atoms with Gasteiger partial charge in [-0.15, -0.1) is 0 Å². The maximum Gasteiger partial charge on any atom is 0.0775 e. The Morgan fingerprint density at radius 3 is 1.69 bits per heavy atom. The average Bonchev–Trinajstić information content (AvgIpc) is 3.93. The fraction of sp³-hybridized carbons (Fsp3) is 0.0769. The van der Waals surface area contributed by atoms with Crippen LogP contribution in [0, 0.1) is 0 Å². The first-order chi connectivity index (χ1) is 27.0. The molecule has 0 N–H and O–H groups in total. The number of nitrogens with zero attached hydrogens (tertiary/aromatic N) is 2. The molecule has 2 aliphatic rings. The molecule has 2 heterocycles. The highest BCUT2D eigenvalue weighted by Gasteiger charge is 2.53. The molecule has 260 valence electrons. The van der Waals surface area contributed by atoms with Crippen LogP contribution in [0.5, 0.6) is 0 Å². The number of rotatable bonds is 4. The smallest absolute Gasteiger partial charge is 0.0775 e. The summed E-state index contributed by atoms with van der Waals surface area (Å²) in [6, 6.07) is 66.5. The van der Waals surface area contributed by atoms with Crippen molar-refractivity contribution in [3.8, 4) is 22.3 Å². The lowest BCUT2D eigenvalue weighted by molar-refractivity contribution is 0.794. The van der Waals surface area contributed by atoms with Crippen LogP contribution in [0.3, 0.4) is 0 Å². The van der Waals surface area contributed by atoms with Gasteiger partial charge in [0.15, 0.2) is 0 Å². The summed E-state index contributed by atoms with van der Waals surface area (Å²) < 4.78 is 2.61. The Kier molecular flexibility index (Phi) is 6.11. The lowest BCUT2D eigenvalue weighted by atomic mass is 9.70. The number of hydrogen-bond acceptors (Lipinski definition) is 1. The topological polar surface area (TPSA) is 7.65 Å². The van der Waals surface area contributed by atoms with Crippen LogP contribution >= 0.6 is 0 Å². The van der Waals surface area contributed by atoms with Crippen LogP contribution in [0.1, 0.15) is 22.3 Å². The molecule has 0 amide bonds. The highest BCUT2D eigenvalue weighted by Crippen LogP contribution is 2.65. The molecule has 0 saturated heterocycles. The Balaban J connectivity index is 1.33. The van der Waals surface area contributed by atoms with Gasteiger partial charge in [-0.25, -0.2) is 0 Å². The van der Waals surface area contributed by atoms with Crippen molar-refractivity contribution in [2.45, 2.75) is 25.1 Å². The van der Waals surface area contributed by atoms with E-state index in [-0.39, 0.29) is 0 Å². The summed E-state index contributed by atoms with van der Waals surface area (Å²) in [5, 5.41) is 6.63. The Labute approximate surface area is 321 Å². The van der Waals surface area contributed by atoms with Crippen molar-refractivity contribution in [3.05, 3.63) is 198 Å². The van der Waals surface area contributed by atoms with Crippen LogP contribution in [0.15, 0.2) is 176 Å². The molecule has 10 aromatic rings. The lowest BCUT2D eigenvalue weighted by Gasteiger charge is -2.33. The van der Waals surface area contributed by atoms with E-state index in [4.69, 9.17) is 0 Å². The highest BCUT2D eigenvalue weighted by atomic mass is 28.3. The number of hydrogen-bond donors (Lipinski definition) is 0. The Bertz CT molecular complexity index is 3140. The minimum absolute atomic E-state index is 0.482. The van der Waals surface area contributed by atoms with Gasteiger partial charge in [-0.3, -0.25) is 0 Å². The molecule has 0 bridgehead atoms. The van der Waals surface area contributed by atoms with Crippen molar-refractivity contribution in [2.75, 3.05) is 4.90 Å². The zero-order valence-electron chi connectivity index (χ0n) is 31.1. The fourth-order valence-corrected chi connectivity index (χ4v) is 11.6. The molecule has 0 atom stereocenters. The molecule has 3 heteroatoms. The van der Waals surface area contributed by atoms with Crippen molar-refractivity contribution in [1.29, 1.82) is 0 Å². The van der Waals surface area contributed by atoms with E-state index in [0.717, 1.165) is 5.69 Å². The van der Waals surface area contributed by atoms with Crippen LogP contribution in [0.2, 0.25) is 19.6 Å². The van der Waals surface area contributed by atoms with E-state index in [1.165, 1.54) is 99.2 Å². The molecule has 55 heavy (non-hydrogen) atoms. The van der Waals surface area contributed by atoms with Crippen molar-refractivity contribution >= 4 is 68.4 Å². The third-order valence-corrected chi connectivity index (χ3v) is 14.7. The predicted molar refractivity (Wildman–Crippen MR) is 235 cm³/mol. The molecule has 0 aliphatic heterocycles. The van der Waals surface area contributed by atoms with Gasteiger partial charge < -0.3 is 9.30 Å². The number of aromatic nitrogens is 1. The maximum atomic E-state index is 2.61. The summed E-state index contributed by atoms with van der Waals surface area (Å²) in [4.78, 5) is 2.53. The first-order valence-corrected chi connectivity index (χ1v) is 23.0. The highest BCUT2D eigenvalue weighted by molar-refractivity contribution is 6.88. The van der Waals surface area contributed by atoms with E-state index in [2.05, 4.69) is 205 Å². The zero-order valence-corrected chi connectivity index (χ0v) is 32.1. The van der Waals surface area contributed by atoms with Gasteiger partial charge in [0.05, 0.1) is 35.7 Å². The first kappa shape index (κ1) is 31.0. The van der Waals surface area contributed by atoms with Gasteiger partial charge in [-0.1, -0.05) is 164 Å². The molecule has 0 unspecified atom stereocenters.